The molecule has 0 saturated carbocycles. The number of hydrogen-bond acceptors (Lipinski definition) is 2. The van der Waals surface area contributed by atoms with Crippen molar-refractivity contribution >= 4 is 0 Å². The van der Waals surface area contributed by atoms with Gasteiger partial charge in [-0.25, -0.2) is 0 Å². The Morgan fingerprint density at radius 2 is 1.95 bits per heavy atom. The first-order chi connectivity index (χ1) is 9.04. The Balaban J connectivity index is 2.53. The van der Waals surface area contributed by atoms with E-state index in [1.54, 1.807) is 0 Å². The van der Waals surface area contributed by atoms with E-state index in [1.165, 1.54) is 24.0 Å². The molecular weight excluding hydrogens is 234 g/mol. The summed E-state index contributed by atoms with van der Waals surface area (Å²) in [5.74, 6) is 1.57. The topological polar surface area (TPSA) is 21.3 Å². The molecule has 0 aliphatic rings. The van der Waals surface area contributed by atoms with Crippen LogP contribution in [0.4, 0.5) is 0 Å². The number of unbranched alkanes of at least 4 members (excludes halogenated alkanes) is 1. The van der Waals surface area contributed by atoms with Crippen LogP contribution in [0.5, 0.6) is 5.75 Å². The lowest BCUT2D eigenvalue weighted by atomic mass is 10.0. The van der Waals surface area contributed by atoms with Gasteiger partial charge in [-0.1, -0.05) is 39.3 Å². The molecule has 2 nitrogen and oxygen atoms in total. The smallest absolute Gasteiger partial charge is 0.122 e. The molecule has 19 heavy (non-hydrogen) atoms. The fourth-order valence-corrected chi connectivity index (χ4v) is 1.97. The van der Waals surface area contributed by atoms with E-state index in [2.05, 4.69) is 58.1 Å². The third-order valence-electron chi connectivity index (χ3n) is 3.35. The predicted molar refractivity (Wildman–Crippen MR) is 83.1 cm³/mol. The predicted octanol–water partition coefficient (Wildman–Crippen LogP) is 4.28. The third kappa shape index (κ3) is 5.65. The molecular formula is C17H29NO. The highest BCUT2D eigenvalue weighted by Gasteiger charge is 2.08. The van der Waals surface area contributed by atoms with Crippen LogP contribution in [0, 0.1) is 6.92 Å². The van der Waals surface area contributed by atoms with Gasteiger partial charge in [-0.05, 0) is 49.9 Å². The summed E-state index contributed by atoms with van der Waals surface area (Å²) in [4.78, 5) is 0. The van der Waals surface area contributed by atoms with Crippen LogP contribution >= 0.6 is 0 Å². The van der Waals surface area contributed by atoms with Crippen molar-refractivity contribution < 1.29 is 4.74 Å². The van der Waals surface area contributed by atoms with Gasteiger partial charge in [0.1, 0.15) is 11.9 Å². The van der Waals surface area contributed by atoms with Gasteiger partial charge < -0.3 is 10.1 Å². The van der Waals surface area contributed by atoms with Crippen molar-refractivity contribution in [2.75, 3.05) is 13.1 Å². The molecule has 0 aliphatic carbocycles. The molecule has 0 aromatic heterocycles. The maximum absolute atomic E-state index is 6.05. The quantitative estimate of drug-likeness (QED) is 0.707. The second-order valence-electron chi connectivity index (χ2n) is 5.67. The van der Waals surface area contributed by atoms with Crippen LogP contribution in [0.15, 0.2) is 18.2 Å². The van der Waals surface area contributed by atoms with Gasteiger partial charge in [0.25, 0.3) is 0 Å². The summed E-state index contributed by atoms with van der Waals surface area (Å²) < 4.78 is 6.05. The van der Waals surface area contributed by atoms with Crippen LogP contribution in [0.25, 0.3) is 0 Å². The molecule has 0 heterocycles. The summed E-state index contributed by atoms with van der Waals surface area (Å²) in [7, 11) is 0. The zero-order chi connectivity index (χ0) is 14.3. The molecule has 1 aromatic rings. The summed E-state index contributed by atoms with van der Waals surface area (Å²) in [6, 6.07) is 6.53. The first-order valence-electron chi connectivity index (χ1n) is 7.52. The first-order valence-corrected chi connectivity index (χ1v) is 7.52. The molecule has 2 heteroatoms. The molecule has 1 unspecified atom stereocenters. The van der Waals surface area contributed by atoms with Crippen LogP contribution in [0.1, 0.15) is 57.6 Å². The van der Waals surface area contributed by atoms with Gasteiger partial charge in [0.2, 0.25) is 0 Å². The minimum absolute atomic E-state index is 0.206. The lowest BCUT2D eigenvalue weighted by Crippen LogP contribution is -2.29. The molecule has 1 aromatic carbocycles. The molecule has 108 valence electrons. The van der Waals surface area contributed by atoms with Gasteiger partial charge in [0.15, 0.2) is 0 Å². The van der Waals surface area contributed by atoms with Gasteiger partial charge in [0.05, 0.1) is 0 Å². The summed E-state index contributed by atoms with van der Waals surface area (Å²) in [6.07, 6.45) is 2.67. The minimum Gasteiger partial charge on any atom is -0.489 e. The fraction of sp³-hybridized carbons (Fsp3) is 0.647. The lowest BCUT2D eigenvalue weighted by Gasteiger charge is -2.18. The van der Waals surface area contributed by atoms with E-state index in [9.17, 15) is 0 Å². The minimum atomic E-state index is 0.206. The Morgan fingerprint density at radius 3 is 2.58 bits per heavy atom. The van der Waals surface area contributed by atoms with E-state index in [0.29, 0.717) is 5.92 Å². The number of ether oxygens (including phenoxy) is 1. The Bertz CT molecular complexity index is 374. The zero-order valence-corrected chi connectivity index (χ0v) is 13.1. The van der Waals surface area contributed by atoms with E-state index in [4.69, 9.17) is 4.74 Å². The molecule has 1 atom stereocenters. The van der Waals surface area contributed by atoms with Crippen molar-refractivity contribution in [2.24, 2.45) is 0 Å². The van der Waals surface area contributed by atoms with Crippen LogP contribution in [0.2, 0.25) is 0 Å². The van der Waals surface area contributed by atoms with Gasteiger partial charge in [0, 0.05) is 6.54 Å². The summed E-state index contributed by atoms with van der Waals surface area (Å²) in [6.45, 7) is 12.9. The number of benzene rings is 1. The summed E-state index contributed by atoms with van der Waals surface area (Å²) in [5.41, 5.74) is 2.55. The molecule has 0 saturated heterocycles. The Labute approximate surface area is 118 Å². The molecule has 0 aliphatic heterocycles. The van der Waals surface area contributed by atoms with Gasteiger partial charge in [-0.2, -0.15) is 0 Å². The number of rotatable bonds is 8. The molecule has 1 rings (SSSR count). The molecule has 0 radical (unpaired) electrons. The normalized spacial score (nSPS) is 12.7. The number of aryl methyl sites for hydroxylation is 1. The fourth-order valence-electron chi connectivity index (χ4n) is 1.97. The molecule has 0 spiro atoms. The van der Waals surface area contributed by atoms with Crippen molar-refractivity contribution in [1.29, 1.82) is 0 Å². The van der Waals surface area contributed by atoms with Crippen LogP contribution in [-0.4, -0.2) is 19.2 Å². The van der Waals surface area contributed by atoms with Crippen molar-refractivity contribution in [1.82, 2.24) is 5.32 Å². The van der Waals surface area contributed by atoms with Crippen molar-refractivity contribution in [3.8, 4) is 5.75 Å². The van der Waals surface area contributed by atoms with Crippen molar-refractivity contribution in [2.45, 2.75) is 59.5 Å². The molecule has 0 bridgehead atoms. The van der Waals surface area contributed by atoms with Crippen LogP contribution in [0.3, 0.4) is 0 Å². The highest BCUT2D eigenvalue weighted by atomic mass is 16.5. The summed E-state index contributed by atoms with van der Waals surface area (Å²) >= 11 is 0. The van der Waals surface area contributed by atoms with Gasteiger partial charge in [-0.15, -0.1) is 0 Å². The number of nitrogens with one attached hydrogen (secondary N) is 1. The van der Waals surface area contributed by atoms with Crippen LogP contribution in [-0.2, 0) is 0 Å². The van der Waals surface area contributed by atoms with Gasteiger partial charge >= 0.3 is 0 Å². The van der Waals surface area contributed by atoms with Gasteiger partial charge in [-0.3, -0.25) is 0 Å². The number of hydrogen-bond donors (Lipinski definition) is 1. The molecule has 1 N–H and O–H groups in total. The highest BCUT2D eigenvalue weighted by Crippen LogP contribution is 2.25. The van der Waals surface area contributed by atoms with Crippen molar-refractivity contribution in [3.05, 3.63) is 29.3 Å². The van der Waals surface area contributed by atoms with Crippen LogP contribution < -0.4 is 10.1 Å². The standard InChI is InChI=1S/C17H29NO/c1-6-7-10-18-12-15(5)19-17-11-16(13(2)3)9-8-14(17)4/h8-9,11,13,15,18H,6-7,10,12H2,1-5H3. The van der Waals surface area contributed by atoms with E-state index in [-0.39, 0.29) is 6.10 Å². The maximum Gasteiger partial charge on any atom is 0.122 e. The second kappa shape index (κ2) is 8.21. The summed E-state index contributed by atoms with van der Waals surface area (Å²) in [5, 5.41) is 3.44. The second-order valence-corrected chi connectivity index (χ2v) is 5.67. The lowest BCUT2D eigenvalue weighted by molar-refractivity contribution is 0.215. The maximum atomic E-state index is 6.05. The monoisotopic (exact) mass is 263 g/mol. The highest BCUT2D eigenvalue weighted by molar-refractivity contribution is 5.37. The first kappa shape index (κ1) is 16.0. The van der Waals surface area contributed by atoms with Crippen molar-refractivity contribution in [3.63, 3.8) is 0 Å². The van der Waals surface area contributed by atoms with E-state index < -0.39 is 0 Å². The third-order valence-corrected chi connectivity index (χ3v) is 3.35. The zero-order valence-electron chi connectivity index (χ0n) is 13.1. The molecule has 0 amide bonds. The average Bonchev–Trinajstić information content (AvgIpc) is 2.37. The Kier molecular flexibility index (Phi) is 6.93. The largest absolute Gasteiger partial charge is 0.489 e. The van der Waals surface area contributed by atoms with E-state index in [0.717, 1.165) is 18.8 Å². The van der Waals surface area contributed by atoms with E-state index in [1.807, 2.05) is 0 Å². The average molecular weight is 263 g/mol. The Morgan fingerprint density at radius 1 is 1.21 bits per heavy atom. The van der Waals surface area contributed by atoms with E-state index >= 15 is 0 Å². The SMILES string of the molecule is CCCCNCC(C)Oc1cc(C(C)C)ccc1C. The Hall–Kier alpha value is -1.02. The molecule has 0 fully saturated rings.